The standard InChI is InChI=1S/C18H26O2/c1-18(2,3)15-8-6-14(7-9-15)17(20)12-13-4-10-16(19)11-5-13/h4-5,10-11,14-15,19H,6-9,12H2,1-3H3. The van der Waals surface area contributed by atoms with E-state index >= 15 is 0 Å². The van der Waals surface area contributed by atoms with Crippen LogP contribution in [0.3, 0.4) is 0 Å². The van der Waals surface area contributed by atoms with E-state index < -0.39 is 0 Å². The minimum atomic E-state index is 0.238. The van der Waals surface area contributed by atoms with E-state index in [0.29, 0.717) is 17.6 Å². The Morgan fingerprint density at radius 1 is 1.10 bits per heavy atom. The van der Waals surface area contributed by atoms with Crippen molar-refractivity contribution in [1.29, 1.82) is 0 Å². The molecule has 0 spiro atoms. The number of aromatic hydroxyl groups is 1. The number of ketones is 1. The number of hydrogen-bond donors (Lipinski definition) is 1. The lowest BCUT2D eigenvalue weighted by molar-refractivity contribution is -0.123. The van der Waals surface area contributed by atoms with Crippen molar-refractivity contribution in [2.75, 3.05) is 0 Å². The van der Waals surface area contributed by atoms with Crippen LogP contribution >= 0.6 is 0 Å². The van der Waals surface area contributed by atoms with Crippen molar-refractivity contribution in [3.05, 3.63) is 29.8 Å². The minimum absolute atomic E-state index is 0.238. The molecule has 0 saturated heterocycles. The lowest BCUT2D eigenvalue weighted by atomic mass is 9.69. The summed E-state index contributed by atoms with van der Waals surface area (Å²) >= 11 is 0. The van der Waals surface area contributed by atoms with Gasteiger partial charge in [-0.05, 0) is 54.7 Å². The molecule has 0 unspecified atom stereocenters. The highest BCUT2D eigenvalue weighted by Crippen LogP contribution is 2.40. The minimum Gasteiger partial charge on any atom is -0.508 e. The zero-order valence-electron chi connectivity index (χ0n) is 12.9. The largest absolute Gasteiger partial charge is 0.508 e. The van der Waals surface area contributed by atoms with Crippen LogP contribution in [0.15, 0.2) is 24.3 Å². The van der Waals surface area contributed by atoms with Crippen LogP contribution in [0.1, 0.15) is 52.0 Å². The first-order valence-corrected chi connectivity index (χ1v) is 7.67. The van der Waals surface area contributed by atoms with Gasteiger partial charge in [0.1, 0.15) is 11.5 Å². The zero-order valence-corrected chi connectivity index (χ0v) is 12.9. The van der Waals surface area contributed by atoms with Crippen LogP contribution in [-0.2, 0) is 11.2 Å². The van der Waals surface area contributed by atoms with Crippen molar-refractivity contribution in [2.45, 2.75) is 52.9 Å². The Morgan fingerprint density at radius 2 is 1.65 bits per heavy atom. The van der Waals surface area contributed by atoms with Gasteiger partial charge >= 0.3 is 0 Å². The van der Waals surface area contributed by atoms with Crippen LogP contribution in [-0.4, -0.2) is 10.9 Å². The van der Waals surface area contributed by atoms with E-state index in [1.54, 1.807) is 12.1 Å². The molecule has 1 N–H and O–H groups in total. The molecule has 0 heterocycles. The summed E-state index contributed by atoms with van der Waals surface area (Å²) < 4.78 is 0. The third-order valence-corrected chi connectivity index (χ3v) is 4.72. The van der Waals surface area contributed by atoms with Crippen molar-refractivity contribution in [1.82, 2.24) is 0 Å². The van der Waals surface area contributed by atoms with Crippen molar-refractivity contribution in [3.8, 4) is 5.75 Å². The Labute approximate surface area is 122 Å². The predicted molar refractivity (Wildman–Crippen MR) is 81.7 cm³/mol. The molecule has 0 amide bonds. The van der Waals surface area contributed by atoms with Crippen LogP contribution < -0.4 is 0 Å². The van der Waals surface area contributed by atoms with Crippen LogP contribution in [0.4, 0.5) is 0 Å². The topological polar surface area (TPSA) is 37.3 Å². The van der Waals surface area contributed by atoms with Gasteiger partial charge in [-0.2, -0.15) is 0 Å². The zero-order chi connectivity index (χ0) is 14.8. The Kier molecular flexibility index (Phi) is 4.52. The maximum Gasteiger partial charge on any atom is 0.140 e. The molecule has 0 bridgehead atoms. The first kappa shape index (κ1) is 15.1. The van der Waals surface area contributed by atoms with E-state index in [-0.39, 0.29) is 11.7 Å². The summed E-state index contributed by atoms with van der Waals surface area (Å²) in [5.41, 5.74) is 1.37. The predicted octanol–water partition coefficient (Wildman–Crippen LogP) is 4.36. The molecule has 1 saturated carbocycles. The maximum absolute atomic E-state index is 12.3. The highest BCUT2D eigenvalue weighted by atomic mass is 16.3. The van der Waals surface area contributed by atoms with E-state index in [4.69, 9.17) is 0 Å². The quantitative estimate of drug-likeness (QED) is 0.889. The normalized spacial score (nSPS) is 23.6. The molecular formula is C18H26O2. The molecule has 1 aliphatic carbocycles. The number of rotatable bonds is 3. The molecule has 0 radical (unpaired) electrons. The monoisotopic (exact) mass is 274 g/mol. The fraction of sp³-hybridized carbons (Fsp3) is 0.611. The van der Waals surface area contributed by atoms with Crippen LogP contribution in [0.5, 0.6) is 5.75 Å². The summed E-state index contributed by atoms with van der Waals surface area (Å²) in [7, 11) is 0. The first-order chi connectivity index (χ1) is 9.36. The number of carbonyl (C=O) groups is 1. The molecule has 0 aliphatic heterocycles. The summed E-state index contributed by atoms with van der Waals surface area (Å²) in [6.07, 6.45) is 4.94. The number of carbonyl (C=O) groups excluding carboxylic acids is 1. The van der Waals surface area contributed by atoms with E-state index in [1.165, 1.54) is 12.8 Å². The van der Waals surface area contributed by atoms with Gasteiger partial charge in [0.05, 0.1) is 0 Å². The Bertz CT molecular complexity index is 445. The van der Waals surface area contributed by atoms with Gasteiger partial charge in [-0.25, -0.2) is 0 Å². The molecule has 1 fully saturated rings. The van der Waals surface area contributed by atoms with Crippen LogP contribution in [0, 0.1) is 17.3 Å². The maximum atomic E-state index is 12.3. The fourth-order valence-electron chi connectivity index (χ4n) is 3.24. The highest BCUT2D eigenvalue weighted by Gasteiger charge is 2.32. The Balaban J connectivity index is 1.87. The average Bonchev–Trinajstić information content (AvgIpc) is 2.40. The molecule has 0 aromatic heterocycles. The number of phenols is 1. The number of Topliss-reactive ketones (excluding diaryl/α,β-unsaturated/α-hetero) is 1. The smallest absolute Gasteiger partial charge is 0.140 e. The molecule has 2 nitrogen and oxygen atoms in total. The molecule has 1 aromatic carbocycles. The SMILES string of the molecule is CC(C)(C)C1CCC(C(=O)Cc2ccc(O)cc2)CC1. The molecule has 1 aliphatic rings. The molecule has 1 aromatic rings. The number of phenolic OH excluding ortho intramolecular Hbond substituents is 1. The van der Waals surface area contributed by atoms with Crippen LogP contribution in [0.25, 0.3) is 0 Å². The first-order valence-electron chi connectivity index (χ1n) is 7.67. The van der Waals surface area contributed by atoms with E-state index in [9.17, 15) is 9.90 Å². The van der Waals surface area contributed by atoms with Gasteiger partial charge in [-0.15, -0.1) is 0 Å². The van der Waals surface area contributed by atoms with Gasteiger partial charge in [0.2, 0.25) is 0 Å². The summed E-state index contributed by atoms with van der Waals surface area (Å²) in [6, 6.07) is 6.99. The average molecular weight is 274 g/mol. The van der Waals surface area contributed by atoms with Gasteiger partial charge in [-0.1, -0.05) is 32.9 Å². The summed E-state index contributed by atoms with van der Waals surface area (Å²) in [6.45, 7) is 6.91. The molecule has 2 heteroatoms. The fourth-order valence-corrected chi connectivity index (χ4v) is 3.24. The van der Waals surface area contributed by atoms with Crippen molar-refractivity contribution in [2.24, 2.45) is 17.3 Å². The summed E-state index contributed by atoms with van der Waals surface area (Å²) in [5, 5.41) is 9.26. The molecule has 2 rings (SSSR count). The lowest BCUT2D eigenvalue weighted by Gasteiger charge is -2.36. The van der Waals surface area contributed by atoms with Gasteiger partial charge in [0.25, 0.3) is 0 Å². The second-order valence-corrected chi connectivity index (χ2v) is 7.22. The number of benzene rings is 1. The number of hydrogen-bond acceptors (Lipinski definition) is 2. The Hall–Kier alpha value is -1.31. The van der Waals surface area contributed by atoms with E-state index in [0.717, 1.165) is 24.3 Å². The van der Waals surface area contributed by atoms with Crippen molar-refractivity contribution < 1.29 is 9.90 Å². The van der Waals surface area contributed by atoms with Gasteiger partial charge in [0.15, 0.2) is 0 Å². The van der Waals surface area contributed by atoms with E-state index in [2.05, 4.69) is 20.8 Å². The Morgan fingerprint density at radius 3 is 2.15 bits per heavy atom. The molecule has 110 valence electrons. The van der Waals surface area contributed by atoms with Gasteiger partial charge in [-0.3, -0.25) is 4.79 Å². The molecule has 20 heavy (non-hydrogen) atoms. The summed E-state index contributed by atoms with van der Waals surface area (Å²) in [5.74, 6) is 1.61. The summed E-state index contributed by atoms with van der Waals surface area (Å²) in [4.78, 5) is 12.3. The highest BCUT2D eigenvalue weighted by molar-refractivity contribution is 5.83. The second-order valence-electron chi connectivity index (χ2n) is 7.22. The van der Waals surface area contributed by atoms with Gasteiger partial charge in [0, 0.05) is 12.3 Å². The van der Waals surface area contributed by atoms with E-state index in [1.807, 2.05) is 12.1 Å². The second kappa shape index (κ2) is 5.99. The van der Waals surface area contributed by atoms with Crippen molar-refractivity contribution >= 4 is 5.78 Å². The molecule has 0 atom stereocenters. The molecular weight excluding hydrogens is 248 g/mol. The van der Waals surface area contributed by atoms with Gasteiger partial charge < -0.3 is 5.11 Å². The van der Waals surface area contributed by atoms with Crippen molar-refractivity contribution in [3.63, 3.8) is 0 Å². The third kappa shape index (κ3) is 3.84. The van der Waals surface area contributed by atoms with Crippen LogP contribution in [0.2, 0.25) is 0 Å². The lowest BCUT2D eigenvalue weighted by Crippen LogP contribution is -2.29. The third-order valence-electron chi connectivity index (χ3n) is 4.72.